The molecule has 0 aliphatic carbocycles. The fourth-order valence-corrected chi connectivity index (χ4v) is 2.98. The summed E-state index contributed by atoms with van der Waals surface area (Å²) in [5.41, 5.74) is 1.96. The highest BCUT2D eigenvalue weighted by Crippen LogP contribution is 2.33. The first-order chi connectivity index (χ1) is 8.68. The average molecular weight is 263 g/mol. The lowest BCUT2D eigenvalue weighted by Crippen LogP contribution is -2.41. The SMILES string of the molecule is C=C(C)C(CC)CCCC(C)(C)N1C=CC(C)(C)C1. The van der Waals surface area contributed by atoms with E-state index in [0.717, 1.165) is 6.54 Å². The van der Waals surface area contributed by atoms with Crippen molar-refractivity contribution in [2.75, 3.05) is 6.54 Å². The molecular weight excluding hydrogens is 230 g/mol. The highest BCUT2D eigenvalue weighted by Gasteiger charge is 2.32. The molecule has 0 amide bonds. The van der Waals surface area contributed by atoms with Crippen molar-refractivity contribution in [3.63, 3.8) is 0 Å². The van der Waals surface area contributed by atoms with Gasteiger partial charge in [-0.1, -0.05) is 45.4 Å². The van der Waals surface area contributed by atoms with Gasteiger partial charge in [-0.3, -0.25) is 0 Å². The van der Waals surface area contributed by atoms with Crippen LogP contribution in [0.4, 0.5) is 0 Å². The Morgan fingerprint density at radius 3 is 2.47 bits per heavy atom. The Morgan fingerprint density at radius 1 is 1.42 bits per heavy atom. The van der Waals surface area contributed by atoms with Gasteiger partial charge in [0.05, 0.1) is 0 Å². The Bertz CT molecular complexity index is 336. The molecule has 0 aromatic carbocycles. The van der Waals surface area contributed by atoms with E-state index in [1.165, 1.54) is 31.3 Å². The van der Waals surface area contributed by atoms with Gasteiger partial charge in [0.1, 0.15) is 0 Å². The summed E-state index contributed by atoms with van der Waals surface area (Å²) >= 11 is 0. The van der Waals surface area contributed by atoms with Crippen LogP contribution in [0.15, 0.2) is 24.4 Å². The fourth-order valence-electron chi connectivity index (χ4n) is 2.98. The highest BCUT2D eigenvalue weighted by atomic mass is 15.2. The number of hydrogen-bond donors (Lipinski definition) is 0. The first-order valence-corrected chi connectivity index (χ1v) is 7.79. The molecule has 110 valence electrons. The maximum atomic E-state index is 4.12. The Labute approximate surface area is 120 Å². The zero-order valence-electron chi connectivity index (χ0n) is 13.9. The van der Waals surface area contributed by atoms with Crippen LogP contribution in [0.3, 0.4) is 0 Å². The van der Waals surface area contributed by atoms with Crippen molar-refractivity contribution in [2.24, 2.45) is 11.3 Å². The van der Waals surface area contributed by atoms with Crippen molar-refractivity contribution >= 4 is 0 Å². The van der Waals surface area contributed by atoms with Gasteiger partial charge < -0.3 is 4.90 Å². The monoisotopic (exact) mass is 263 g/mol. The molecule has 1 heterocycles. The minimum atomic E-state index is 0.275. The first kappa shape index (κ1) is 16.3. The summed E-state index contributed by atoms with van der Waals surface area (Å²) in [7, 11) is 0. The number of hydrogen-bond acceptors (Lipinski definition) is 1. The fraction of sp³-hybridized carbons (Fsp3) is 0.778. The van der Waals surface area contributed by atoms with E-state index in [0.29, 0.717) is 11.3 Å². The summed E-state index contributed by atoms with van der Waals surface area (Å²) in [5, 5.41) is 0. The Hall–Kier alpha value is -0.720. The number of rotatable bonds is 7. The van der Waals surface area contributed by atoms with Crippen LogP contribution < -0.4 is 0 Å². The summed E-state index contributed by atoms with van der Waals surface area (Å²) in [6, 6.07) is 0. The molecule has 1 unspecified atom stereocenters. The van der Waals surface area contributed by atoms with Gasteiger partial charge >= 0.3 is 0 Å². The van der Waals surface area contributed by atoms with Crippen LogP contribution >= 0.6 is 0 Å². The summed E-state index contributed by atoms with van der Waals surface area (Å²) < 4.78 is 0. The summed E-state index contributed by atoms with van der Waals surface area (Å²) in [6.45, 7) is 19.1. The maximum absolute atomic E-state index is 4.12. The van der Waals surface area contributed by atoms with Crippen LogP contribution in [0, 0.1) is 11.3 Å². The van der Waals surface area contributed by atoms with Crippen molar-refractivity contribution in [3.8, 4) is 0 Å². The van der Waals surface area contributed by atoms with Gasteiger partial charge in [-0.2, -0.15) is 0 Å². The van der Waals surface area contributed by atoms with Gasteiger partial charge in [0.25, 0.3) is 0 Å². The van der Waals surface area contributed by atoms with E-state index < -0.39 is 0 Å². The third-order valence-electron chi connectivity index (χ3n) is 4.59. The Morgan fingerprint density at radius 2 is 2.05 bits per heavy atom. The lowest BCUT2D eigenvalue weighted by atomic mass is 9.88. The smallest absolute Gasteiger partial charge is 0.0340 e. The molecule has 0 bridgehead atoms. The maximum Gasteiger partial charge on any atom is 0.0340 e. The predicted octanol–water partition coefficient (Wildman–Crippen LogP) is 5.39. The molecule has 0 saturated heterocycles. The first-order valence-electron chi connectivity index (χ1n) is 7.79. The molecule has 0 spiro atoms. The van der Waals surface area contributed by atoms with Crippen LogP contribution in [0.5, 0.6) is 0 Å². The average Bonchev–Trinajstić information content (AvgIpc) is 2.65. The van der Waals surface area contributed by atoms with E-state index in [4.69, 9.17) is 0 Å². The van der Waals surface area contributed by atoms with Crippen LogP contribution in [0.2, 0.25) is 0 Å². The van der Waals surface area contributed by atoms with E-state index in [2.05, 4.69) is 65.3 Å². The zero-order chi connectivity index (χ0) is 14.7. The largest absolute Gasteiger partial charge is 0.372 e. The van der Waals surface area contributed by atoms with Gasteiger partial charge in [-0.25, -0.2) is 0 Å². The molecule has 1 atom stereocenters. The molecule has 1 aliphatic heterocycles. The normalized spacial score (nSPS) is 19.8. The zero-order valence-corrected chi connectivity index (χ0v) is 13.9. The lowest BCUT2D eigenvalue weighted by Gasteiger charge is -2.38. The molecule has 0 saturated carbocycles. The third kappa shape index (κ3) is 4.71. The van der Waals surface area contributed by atoms with Crippen molar-refractivity contribution in [3.05, 3.63) is 24.4 Å². The van der Waals surface area contributed by atoms with Gasteiger partial charge in [-0.15, -0.1) is 0 Å². The number of nitrogens with zero attached hydrogens (tertiary/aromatic N) is 1. The quantitative estimate of drug-likeness (QED) is 0.556. The highest BCUT2D eigenvalue weighted by molar-refractivity contribution is 5.08. The van der Waals surface area contributed by atoms with Crippen LogP contribution in [-0.2, 0) is 0 Å². The van der Waals surface area contributed by atoms with Crippen molar-refractivity contribution in [1.82, 2.24) is 4.90 Å². The van der Waals surface area contributed by atoms with E-state index in [9.17, 15) is 0 Å². The third-order valence-corrected chi connectivity index (χ3v) is 4.59. The lowest BCUT2D eigenvalue weighted by molar-refractivity contribution is 0.151. The van der Waals surface area contributed by atoms with Crippen molar-refractivity contribution in [1.29, 1.82) is 0 Å². The van der Waals surface area contributed by atoms with E-state index in [-0.39, 0.29) is 5.54 Å². The van der Waals surface area contributed by atoms with E-state index in [1.807, 2.05) is 0 Å². The minimum Gasteiger partial charge on any atom is -0.372 e. The Kier molecular flexibility index (Phi) is 5.29. The Balaban J connectivity index is 2.44. The topological polar surface area (TPSA) is 3.24 Å². The van der Waals surface area contributed by atoms with Crippen molar-refractivity contribution < 1.29 is 0 Å². The molecule has 0 aromatic heterocycles. The summed E-state index contributed by atoms with van der Waals surface area (Å²) in [4.78, 5) is 2.52. The molecule has 1 aliphatic rings. The second-order valence-corrected chi connectivity index (χ2v) is 7.59. The number of allylic oxidation sites excluding steroid dienone is 1. The molecule has 0 radical (unpaired) electrons. The van der Waals surface area contributed by atoms with Crippen LogP contribution in [0.25, 0.3) is 0 Å². The van der Waals surface area contributed by atoms with Gasteiger partial charge in [0, 0.05) is 17.5 Å². The molecule has 0 N–H and O–H groups in total. The van der Waals surface area contributed by atoms with E-state index in [1.54, 1.807) is 0 Å². The summed E-state index contributed by atoms with van der Waals surface area (Å²) in [6.07, 6.45) is 9.72. The van der Waals surface area contributed by atoms with Crippen LogP contribution in [-0.4, -0.2) is 17.0 Å². The second-order valence-electron chi connectivity index (χ2n) is 7.59. The molecule has 0 fully saturated rings. The van der Waals surface area contributed by atoms with Gasteiger partial charge in [0.2, 0.25) is 0 Å². The summed E-state index contributed by atoms with van der Waals surface area (Å²) in [5.74, 6) is 0.710. The van der Waals surface area contributed by atoms with E-state index >= 15 is 0 Å². The second kappa shape index (κ2) is 6.15. The van der Waals surface area contributed by atoms with Gasteiger partial charge in [-0.05, 0) is 52.2 Å². The standard InChI is InChI=1S/C18H33N/c1-8-16(15(2)3)10-9-11-18(6,7)19-13-12-17(4,5)14-19/h12-13,16H,2,8-11,14H2,1,3-7H3. The molecule has 19 heavy (non-hydrogen) atoms. The molecule has 0 aromatic rings. The van der Waals surface area contributed by atoms with Gasteiger partial charge in [0.15, 0.2) is 0 Å². The molecule has 1 heteroatoms. The molecular formula is C18H33N. The molecule has 1 nitrogen and oxygen atoms in total. The minimum absolute atomic E-state index is 0.275. The molecule has 1 rings (SSSR count). The van der Waals surface area contributed by atoms with Crippen molar-refractivity contribution in [2.45, 2.75) is 72.8 Å². The van der Waals surface area contributed by atoms with Crippen LogP contribution in [0.1, 0.15) is 67.2 Å². The predicted molar refractivity (Wildman–Crippen MR) is 86.2 cm³/mol.